The SMILES string of the molecule is COC(=O)C(C)NC(=S)Nc1noc2cccc(F)c12.FC(F)(F)c1ccc(NC(=S)Nc2noc3ccccc23)cc1.S=C(Nc1noc2ccccc12)NC1CC1. The minimum atomic E-state index is -4.36. The zero-order valence-electron chi connectivity index (χ0n) is 30.8. The van der Waals surface area contributed by atoms with Crippen LogP contribution in [0.1, 0.15) is 25.3 Å². The second-order valence-electron chi connectivity index (χ2n) is 12.6. The van der Waals surface area contributed by atoms with E-state index in [0.29, 0.717) is 39.6 Å². The maximum Gasteiger partial charge on any atom is 0.416 e. The van der Waals surface area contributed by atoms with Crippen molar-refractivity contribution in [1.82, 2.24) is 26.1 Å². The van der Waals surface area contributed by atoms with Gasteiger partial charge >= 0.3 is 12.1 Å². The van der Waals surface area contributed by atoms with E-state index in [-0.39, 0.29) is 21.4 Å². The number of carbonyl (C=O) groups excluding carboxylic acids is 1. The summed E-state index contributed by atoms with van der Waals surface area (Å²) in [6.07, 6.45) is -1.97. The first kappa shape index (κ1) is 42.2. The van der Waals surface area contributed by atoms with Crippen LogP contribution in [0.4, 0.5) is 40.7 Å². The van der Waals surface area contributed by atoms with Crippen LogP contribution in [-0.2, 0) is 15.7 Å². The summed E-state index contributed by atoms with van der Waals surface area (Å²) in [7, 11) is 1.28. The Bertz CT molecular complexity index is 2600. The minimum absolute atomic E-state index is 0.112. The fourth-order valence-corrected chi connectivity index (χ4v) is 5.88. The smallest absolute Gasteiger partial charge is 0.416 e. The lowest BCUT2D eigenvalue weighted by molar-refractivity contribution is -0.142. The molecule has 14 nitrogen and oxygen atoms in total. The molecule has 4 aromatic carbocycles. The van der Waals surface area contributed by atoms with Gasteiger partial charge in [-0.1, -0.05) is 45.8 Å². The number of ether oxygens (including phenoxy) is 1. The van der Waals surface area contributed by atoms with E-state index in [4.69, 9.17) is 50.2 Å². The van der Waals surface area contributed by atoms with Crippen LogP contribution in [0.25, 0.3) is 32.9 Å². The Kier molecular flexibility index (Phi) is 13.5. The number of carbonyl (C=O) groups is 1. The molecule has 7 aromatic rings. The Labute approximate surface area is 348 Å². The van der Waals surface area contributed by atoms with Crippen LogP contribution >= 0.6 is 36.7 Å². The summed E-state index contributed by atoms with van der Waals surface area (Å²) in [5.74, 6) is 0.312. The van der Waals surface area contributed by atoms with Gasteiger partial charge in [-0.15, -0.1) is 0 Å². The molecule has 1 fully saturated rings. The molecular weight excluding hydrogens is 835 g/mol. The number of esters is 1. The van der Waals surface area contributed by atoms with Crippen molar-refractivity contribution in [3.05, 3.63) is 102 Å². The normalized spacial score (nSPS) is 12.6. The highest BCUT2D eigenvalue weighted by molar-refractivity contribution is 7.81. The van der Waals surface area contributed by atoms with Gasteiger partial charge in [-0.2, -0.15) is 13.2 Å². The second-order valence-corrected chi connectivity index (χ2v) is 13.8. The summed E-state index contributed by atoms with van der Waals surface area (Å²) in [6, 6.07) is 23.8. The molecule has 306 valence electrons. The van der Waals surface area contributed by atoms with Gasteiger partial charge in [0.2, 0.25) is 0 Å². The Hall–Kier alpha value is -6.45. The monoisotopic (exact) mass is 867 g/mol. The summed E-state index contributed by atoms with van der Waals surface area (Å²) in [5.41, 5.74) is 1.38. The molecule has 21 heteroatoms. The second kappa shape index (κ2) is 18.9. The molecule has 6 N–H and O–H groups in total. The van der Waals surface area contributed by atoms with Crippen molar-refractivity contribution < 1.29 is 40.7 Å². The average molecular weight is 868 g/mol. The number of nitrogens with one attached hydrogen (secondary N) is 6. The molecule has 0 radical (unpaired) electrons. The van der Waals surface area contributed by atoms with Crippen LogP contribution in [0.5, 0.6) is 0 Å². The highest BCUT2D eigenvalue weighted by Gasteiger charge is 2.30. The molecule has 0 aliphatic heterocycles. The fraction of sp³-hybridized carbons (Fsp3) is 0.184. The zero-order chi connectivity index (χ0) is 42.1. The molecule has 1 atom stereocenters. The van der Waals surface area contributed by atoms with E-state index in [9.17, 15) is 22.4 Å². The van der Waals surface area contributed by atoms with Gasteiger partial charge in [0.25, 0.3) is 0 Å². The molecule has 1 saturated carbocycles. The summed E-state index contributed by atoms with van der Waals surface area (Å²) in [4.78, 5) is 11.2. The van der Waals surface area contributed by atoms with Gasteiger partial charge in [-0.3, -0.25) is 0 Å². The van der Waals surface area contributed by atoms with Gasteiger partial charge in [0, 0.05) is 11.7 Å². The van der Waals surface area contributed by atoms with Crippen molar-refractivity contribution in [2.24, 2.45) is 0 Å². The van der Waals surface area contributed by atoms with Crippen molar-refractivity contribution in [3.63, 3.8) is 0 Å². The highest BCUT2D eigenvalue weighted by atomic mass is 32.1. The van der Waals surface area contributed by atoms with Gasteiger partial charge < -0.3 is 50.2 Å². The average Bonchev–Trinajstić information content (AvgIpc) is 3.57. The fourth-order valence-electron chi connectivity index (χ4n) is 5.13. The van der Waals surface area contributed by atoms with Crippen molar-refractivity contribution >= 4 is 114 Å². The number of benzene rings is 4. The summed E-state index contributed by atoms with van der Waals surface area (Å²) >= 11 is 15.3. The van der Waals surface area contributed by atoms with Gasteiger partial charge in [0.1, 0.15) is 17.2 Å². The first-order valence-corrected chi connectivity index (χ1v) is 18.7. The number of hydrogen-bond acceptors (Lipinski definition) is 11. The lowest BCUT2D eigenvalue weighted by atomic mass is 10.2. The summed E-state index contributed by atoms with van der Waals surface area (Å²) in [5, 5.41) is 31.6. The van der Waals surface area contributed by atoms with Crippen LogP contribution in [0.2, 0.25) is 0 Å². The molecule has 8 rings (SSSR count). The van der Waals surface area contributed by atoms with Gasteiger partial charge in [-0.05, 0) is 117 Å². The number of thiocarbonyl (C=S) groups is 3. The number of methoxy groups -OCH3 is 1. The van der Waals surface area contributed by atoms with Gasteiger partial charge in [-0.25, -0.2) is 9.18 Å². The third kappa shape index (κ3) is 11.4. The van der Waals surface area contributed by atoms with E-state index in [0.717, 1.165) is 28.5 Å². The van der Waals surface area contributed by atoms with Crippen molar-refractivity contribution in [2.45, 2.75) is 38.0 Å². The van der Waals surface area contributed by atoms with E-state index in [1.807, 2.05) is 42.5 Å². The molecule has 0 spiro atoms. The Morgan fingerprint density at radius 1 is 0.712 bits per heavy atom. The minimum Gasteiger partial charge on any atom is -0.467 e. The Morgan fingerprint density at radius 2 is 1.24 bits per heavy atom. The molecule has 1 aliphatic carbocycles. The molecule has 0 saturated heterocycles. The highest BCUT2D eigenvalue weighted by Crippen LogP contribution is 2.30. The molecule has 59 heavy (non-hydrogen) atoms. The molecule has 3 heterocycles. The van der Waals surface area contributed by atoms with E-state index >= 15 is 0 Å². The molecule has 1 aliphatic rings. The number of hydrogen-bond donors (Lipinski definition) is 6. The van der Waals surface area contributed by atoms with Crippen LogP contribution in [-0.4, -0.2) is 56.0 Å². The van der Waals surface area contributed by atoms with E-state index in [1.165, 1.54) is 44.2 Å². The van der Waals surface area contributed by atoms with E-state index in [2.05, 4.69) is 52.1 Å². The zero-order valence-corrected chi connectivity index (χ0v) is 33.3. The Balaban J connectivity index is 0.000000151. The summed E-state index contributed by atoms with van der Waals surface area (Å²) < 4.78 is 71.0. The molecule has 1 unspecified atom stereocenters. The predicted octanol–water partition coefficient (Wildman–Crippen LogP) is 8.75. The number of nitrogens with zero attached hydrogens (tertiary/aromatic N) is 3. The lowest BCUT2D eigenvalue weighted by Gasteiger charge is -2.13. The molecular formula is C38H33F4N9O5S3. The van der Waals surface area contributed by atoms with Crippen LogP contribution < -0.4 is 31.9 Å². The maximum atomic E-state index is 13.7. The first-order valence-electron chi connectivity index (χ1n) is 17.5. The number of halogens is 4. The van der Waals surface area contributed by atoms with Crippen LogP contribution in [0, 0.1) is 5.82 Å². The van der Waals surface area contributed by atoms with E-state index in [1.54, 1.807) is 19.1 Å². The van der Waals surface area contributed by atoms with Crippen molar-refractivity contribution in [1.29, 1.82) is 0 Å². The Morgan fingerprint density at radius 3 is 1.81 bits per heavy atom. The largest absolute Gasteiger partial charge is 0.467 e. The molecule has 0 bridgehead atoms. The molecule has 3 aromatic heterocycles. The first-order chi connectivity index (χ1) is 28.3. The number of alkyl halides is 3. The number of aromatic nitrogens is 3. The molecule has 0 amide bonds. The third-order valence-electron chi connectivity index (χ3n) is 8.18. The number of fused-ring (bicyclic) bond motifs is 3. The van der Waals surface area contributed by atoms with Crippen LogP contribution in [0.3, 0.4) is 0 Å². The third-order valence-corrected chi connectivity index (χ3v) is 8.83. The van der Waals surface area contributed by atoms with E-state index < -0.39 is 29.6 Å². The van der Waals surface area contributed by atoms with Crippen LogP contribution in [0.15, 0.2) is 105 Å². The summed E-state index contributed by atoms with van der Waals surface area (Å²) in [6.45, 7) is 1.58. The van der Waals surface area contributed by atoms with Crippen molar-refractivity contribution in [2.75, 3.05) is 28.4 Å². The number of rotatable bonds is 7. The number of anilines is 4. The van der Waals surface area contributed by atoms with Gasteiger partial charge in [0.15, 0.2) is 49.5 Å². The number of para-hydroxylation sites is 2. The van der Waals surface area contributed by atoms with Crippen molar-refractivity contribution in [3.8, 4) is 0 Å². The van der Waals surface area contributed by atoms with Gasteiger partial charge in [0.05, 0.1) is 23.4 Å². The quantitative estimate of drug-likeness (QED) is 0.0509. The standard InChI is InChI=1S/C15H10F3N3OS.C12H12FN3O3S.C11H11N3OS/c16-15(17,18)9-5-7-10(8-6-9)19-14(23)20-13-11-3-1-2-4-12(11)22-21-13;1-6(11(17)18-2)14-12(20)15-10-9-7(13)4-3-5-8(9)19-16-10;16-11(12-7-5-6-7)13-10-8-3-1-2-4-9(8)15-14-10/h1-8H,(H2,19,20,21,23);3-6H,1-2H3,(H2,14,15,16,20);1-4,7H,5-6H2,(H2,12,13,14,16). The topological polar surface area (TPSA) is 177 Å². The predicted molar refractivity (Wildman–Crippen MR) is 226 cm³/mol. The lowest BCUT2D eigenvalue weighted by Crippen LogP contribution is -2.41. The maximum absolute atomic E-state index is 13.7.